The summed E-state index contributed by atoms with van der Waals surface area (Å²) in [5.74, 6) is 0. The van der Waals surface area contributed by atoms with E-state index in [2.05, 4.69) is 234 Å². The van der Waals surface area contributed by atoms with Crippen molar-refractivity contribution in [1.82, 2.24) is 9.05 Å². The molecule has 2 aliphatic heterocycles. The molecular formula is C60H37BN2. The molecule has 0 amide bonds. The van der Waals surface area contributed by atoms with Crippen LogP contribution in [-0.4, -0.2) is 15.9 Å². The Morgan fingerprint density at radius 1 is 0.302 bits per heavy atom. The lowest BCUT2D eigenvalue weighted by molar-refractivity contribution is 1.18. The summed E-state index contributed by atoms with van der Waals surface area (Å²) in [5, 5.41) is 5.10. The standard InChI is InChI=1S/C60H37BN2/c1-6-16-38(17-7-1)43-26-29-54-48(32-43)51-35-46(41-22-12-4-13-23-41)37-53-60(51)62(54)56-31-28-47(42-24-14-5-15-25-42)57-52-36-45(40-20-10-3-11-21-40)34-50-49-33-44(39-18-8-2-9-19-39)27-30-55(49)63(59(50)52)61(53)58(56)57/h1-37H. The Hall–Kier alpha value is -8.14. The van der Waals surface area contributed by atoms with E-state index in [0.717, 1.165) is 0 Å². The molecule has 290 valence electrons. The van der Waals surface area contributed by atoms with E-state index in [1.54, 1.807) is 0 Å². The molecular weight excluding hydrogens is 759 g/mol. The molecule has 0 radical (unpaired) electrons. The quantitative estimate of drug-likeness (QED) is 0.154. The van der Waals surface area contributed by atoms with Crippen molar-refractivity contribution >= 4 is 61.4 Å². The van der Waals surface area contributed by atoms with Crippen LogP contribution in [0.25, 0.3) is 116 Å². The van der Waals surface area contributed by atoms with Gasteiger partial charge in [0.05, 0.1) is 11.0 Å². The lowest BCUT2D eigenvalue weighted by Gasteiger charge is -2.35. The summed E-state index contributed by atoms with van der Waals surface area (Å²) in [6.45, 7) is -0.0899. The summed E-state index contributed by atoms with van der Waals surface area (Å²) in [5.41, 5.74) is 23.8. The van der Waals surface area contributed by atoms with Crippen LogP contribution in [0.15, 0.2) is 224 Å². The average molecular weight is 797 g/mol. The maximum Gasteiger partial charge on any atom is 0.333 e. The van der Waals surface area contributed by atoms with Crippen molar-refractivity contribution in [3.05, 3.63) is 224 Å². The molecule has 10 aromatic carbocycles. The fraction of sp³-hybridized carbons (Fsp3) is 0. The van der Waals surface area contributed by atoms with Gasteiger partial charge in [-0.2, -0.15) is 0 Å². The zero-order valence-corrected chi connectivity index (χ0v) is 34.3. The van der Waals surface area contributed by atoms with Crippen LogP contribution in [-0.2, 0) is 0 Å². The molecule has 0 spiro atoms. The van der Waals surface area contributed by atoms with Crippen LogP contribution in [0, 0.1) is 0 Å². The molecule has 12 aromatic rings. The first kappa shape index (κ1) is 34.6. The van der Waals surface area contributed by atoms with E-state index in [9.17, 15) is 0 Å². The van der Waals surface area contributed by atoms with Crippen molar-refractivity contribution < 1.29 is 0 Å². The van der Waals surface area contributed by atoms with Gasteiger partial charge in [0, 0.05) is 43.8 Å². The lowest BCUT2D eigenvalue weighted by atomic mass is 9.45. The summed E-state index contributed by atoms with van der Waals surface area (Å²) in [7, 11) is 0. The van der Waals surface area contributed by atoms with Crippen LogP contribution in [0.2, 0.25) is 0 Å². The number of fused-ring (bicyclic) bond motifs is 10. The molecule has 2 aliphatic rings. The van der Waals surface area contributed by atoms with E-state index in [1.165, 1.54) is 127 Å². The summed E-state index contributed by atoms with van der Waals surface area (Å²) in [4.78, 5) is 0. The highest BCUT2D eigenvalue weighted by Gasteiger charge is 2.43. The van der Waals surface area contributed by atoms with E-state index in [4.69, 9.17) is 0 Å². The fourth-order valence-corrected chi connectivity index (χ4v) is 11.1. The molecule has 0 fully saturated rings. The monoisotopic (exact) mass is 796 g/mol. The highest BCUT2D eigenvalue weighted by Crippen LogP contribution is 2.49. The van der Waals surface area contributed by atoms with E-state index < -0.39 is 0 Å². The third kappa shape index (κ3) is 4.96. The third-order valence-corrected chi connectivity index (χ3v) is 13.9. The second-order valence-electron chi connectivity index (χ2n) is 17.2. The molecule has 14 rings (SSSR count). The molecule has 0 saturated carbocycles. The minimum absolute atomic E-state index is 0.0899. The average Bonchev–Trinajstić information content (AvgIpc) is 3.87. The Morgan fingerprint density at radius 3 is 1.33 bits per heavy atom. The van der Waals surface area contributed by atoms with E-state index in [-0.39, 0.29) is 6.85 Å². The van der Waals surface area contributed by atoms with Gasteiger partial charge in [0.2, 0.25) is 0 Å². The van der Waals surface area contributed by atoms with Gasteiger partial charge < -0.3 is 9.05 Å². The normalized spacial score (nSPS) is 12.4. The van der Waals surface area contributed by atoms with Crippen molar-refractivity contribution in [2.45, 2.75) is 0 Å². The fourth-order valence-electron chi connectivity index (χ4n) is 11.1. The van der Waals surface area contributed by atoms with Crippen molar-refractivity contribution in [1.29, 1.82) is 0 Å². The van der Waals surface area contributed by atoms with Gasteiger partial charge in [0.15, 0.2) is 0 Å². The van der Waals surface area contributed by atoms with Gasteiger partial charge >= 0.3 is 6.85 Å². The number of hydrogen-bond donors (Lipinski definition) is 0. The molecule has 2 aromatic heterocycles. The minimum Gasteiger partial charge on any atom is -0.375 e. The first-order valence-electron chi connectivity index (χ1n) is 22.0. The van der Waals surface area contributed by atoms with Crippen LogP contribution in [0.4, 0.5) is 0 Å². The molecule has 3 heteroatoms. The Bertz CT molecular complexity index is 3810. The summed E-state index contributed by atoms with van der Waals surface area (Å²) in [6.07, 6.45) is 0. The van der Waals surface area contributed by atoms with Crippen LogP contribution in [0.1, 0.15) is 0 Å². The molecule has 0 unspecified atom stereocenters. The number of benzene rings is 10. The predicted octanol–water partition coefficient (Wildman–Crippen LogP) is 14.2. The molecule has 63 heavy (non-hydrogen) atoms. The molecule has 0 N–H and O–H groups in total. The zero-order chi connectivity index (χ0) is 41.2. The van der Waals surface area contributed by atoms with Crippen LogP contribution in [0.5, 0.6) is 0 Å². The third-order valence-electron chi connectivity index (χ3n) is 13.9. The Labute approximate surface area is 365 Å². The van der Waals surface area contributed by atoms with Crippen LogP contribution in [0.3, 0.4) is 0 Å². The highest BCUT2D eigenvalue weighted by atomic mass is 15.0. The minimum atomic E-state index is -0.0899. The van der Waals surface area contributed by atoms with Gasteiger partial charge in [-0.05, 0) is 121 Å². The van der Waals surface area contributed by atoms with Gasteiger partial charge in [0.25, 0.3) is 0 Å². The second kappa shape index (κ2) is 13.2. The number of rotatable bonds is 5. The van der Waals surface area contributed by atoms with Gasteiger partial charge in [-0.25, -0.2) is 0 Å². The Morgan fingerprint density at radius 2 is 0.762 bits per heavy atom. The second-order valence-corrected chi connectivity index (χ2v) is 17.2. The van der Waals surface area contributed by atoms with Crippen LogP contribution < -0.4 is 10.9 Å². The van der Waals surface area contributed by atoms with Crippen molar-refractivity contribution in [2.75, 3.05) is 0 Å². The Kier molecular flexibility index (Phi) is 7.23. The van der Waals surface area contributed by atoms with E-state index in [1.807, 2.05) is 0 Å². The van der Waals surface area contributed by atoms with Gasteiger partial charge in [-0.3, -0.25) is 0 Å². The van der Waals surface area contributed by atoms with Gasteiger partial charge in [0.1, 0.15) is 0 Å². The van der Waals surface area contributed by atoms with E-state index >= 15 is 0 Å². The van der Waals surface area contributed by atoms with E-state index in [0.29, 0.717) is 0 Å². The number of hydrogen-bond acceptors (Lipinski definition) is 0. The number of nitrogens with zero attached hydrogens (tertiary/aromatic N) is 2. The lowest BCUT2D eigenvalue weighted by Crippen LogP contribution is -2.55. The SMILES string of the molecule is c1ccc(-c2ccc3c(c2)c2cc(-c4ccccc4)cc4c2n3B2c3c(ccc(-c5ccccc5)c3-4)-n3c4ccc(-c5ccccc5)cc4c4cc(-c5ccccc5)cc2c43)cc1. The molecule has 0 saturated heterocycles. The van der Waals surface area contributed by atoms with Crippen LogP contribution >= 0.6 is 0 Å². The molecule has 0 atom stereocenters. The largest absolute Gasteiger partial charge is 0.375 e. The van der Waals surface area contributed by atoms with Gasteiger partial charge in [-0.1, -0.05) is 176 Å². The first-order chi connectivity index (χ1) is 31.3. The molecule has 4 heterocycles. The zero-order valence-electron chi connectivity index (χ0n) is 34.3. The summed E-state index contributed by atoms with van der Waals surface area (Å²) < 4.78 is 5.31. The Balaban J connectivity index is 1.18. The highest BCUT2D eigenvalue weighted by molar-refractivity contribution is 6.90. The molecule has 0 aliphatic carbocycles. The molecule has 0 bridgehead atoms. The van der Waals surface area contributed by atoms with Crippen molar-refractivity contribution in [2.24, 2.45) is 0 Å². The maximum absolute atomic E-state index is 2.71. The summed E-state index contributed by atoms with van der Waals surface area (Å²) in [6, 6.07) is 83.5. The van der Waals surface area contributed by atoms with Crippen molar-refractivity contribution in [3.8, 4) is 72.4 Å². The predicted molar refractivity (Wildman–Crippen MR) is 267 cm³/mol. The first-order valence-corrected chi connectivity index (χ1v) is 22.0. The number of aromatic nitrogens is 2. The summed E-state index contributed by atoms with van der Waals surface area (Å²) >= 11 is 0. The maximum atomic E-state index is 2.71. The molecule has 2 nitrogen and oxygen atoms in total. The van der Waals surface area contributed by atoms with Crippen molar-refractivity contribution in [3.63, 3.8) is 0 Å². The van der Waals surface area contributed by atoms with Gasteiger partial charge in [-0.15, -0.1) is 0 Å². The topological polar surface area (TPSA) is 9.86 Å². The smallest absolute Gasteiger partial charge is 0.333 e.